The van der Waals surface area contributed by atoms with E-state index in [1.165, 1.54) is 31.2 Å². The molecule has 20 heavy (non-hydrogen) atoms. The Morgan fingerprint density at radius 2 is 1.95 bits per heavy atom. The van der Waals surface area contributed by atoms with Gasteiger partial charge in [0.2, 0.25) is 0 Å². The first-order valence-corrected chi connectivity index (χ1v) is 7.84. The molecule has 2 aromatic rings. The van der Waals surface area contributed by atoms with Crippen molar-refractivity contribution in [2.45, 2.75) is 39.0 Å². The van der Waals surface area contributed by atoms with Gasteiger partial charge in [-0.15, -0.1) is 0 Å². The van der Waals surface area contributed by atoms with Gasteiger partial charge in [0.15, 0.2) is 12.1 Å². The average Bonchev–Trinajstić information content (AvgIpc) is 2.85. The minimum absolute atomic E-state index is 0.343. The van der Waals surface area contributed by atoms with Crippen LogP contribution in [-0.4, -0.2) is 16.3 Å². The van der Waals surface area contributed by atoms with Gasteiger partial charge in [-0.25, -0.2) is 4.98 Å². The van der Waals surface area contributed by atoms with Crippen molar-refractivity contribution in [1.82, 2.24) is 9.97 Å². The van der Waals surface area contributed by atoms with E-state index in [4.69, 9.17) is 0 Å². The first-order chi connectivity index (χ1) is 9.74. The van der Waals surface area contributed by atoms with Gasteiger partial charge in [-0.2, -0.15) is 0 Å². The fraction of sp³-hybridized carbons (Fsp3) is 0.375. The number of benzene rings is 1. The van der Waals surface area contributed by atoms with Gasteiger partial charge in [-0.05, 0) is 34.3 Å². The third kappa shape index (κ3) is 3.79. The number of aldehydes is 1. The zero-order chi connectivity index (χ0) is 14.4. The number of imidazole rings is 1. The van der Waals surface area contributed by atoms with Crippen molar-refractivity contribution in [2.24, 2.45) is 0 Å². The second-order valence-corrected chi connectivity index (χ2v) is 5.70. The zero-order valence-electron chi connectivity index (χ0n) is 11.7. The lowest BCUT2D eigenvalue weighted by Gasteiger charge is -2.03. The summed E-state index contributed by atoms with van der Waals surface area (Å²) < 4.78 is 0.746. The number of nitrogens with zero attached hydrogens (tertiary/aromatic N) is 1. The Hall–Kier alpha value is -1.42. The average molecular weight is 335 g/mol. The fourth-order valence-electron chi connectivity index (χ4n) is 2.20. The number of hydrogen-bond acceptors (Lipinski definition) is 2. The highest BCUT2D eigenvalue weighted by Crippen LogP contribution is 2.26. The zero-order valence-corrected chi connectivity index (χ0v) is 13.2. The summed E-state index contributed by atoms with van der Waals surface area (Å²) in [5.74, 6) is 0.343. The molecule has 0 spiro atoms. The molecule has 0 atom stereocenters. The number of aryl methyl sites for hydroxylation is 1. The molecule has 0 aliphatic rings. The molecule has 0 saturated carbocycles. The van der Waals surface area contributed by atoms with E-state index in [0.717, 1.165) is 28.6 Å². The van der Waals surface area contributed by atoms with Crippen LogP contribution in [0.5, 0.6) is 0 Å². The Morgan fingerprint density at radius 3 is 2.55 bits per heavy atom. The normalized spacial score (nSPS) is 10.7. The predicted octanol–water partition coefficient (Wildman–Crippen LogP) is 4.77. The maximum Gasteiger partial charge on any atom is 0.185 e. The molecule has 0 saturated heterocycles. The van der Waals surface area contributed by atoms with Gasteiger partial charge in [-0.1, -0.05) is 50.5 Å². The summed E-state index contributed by atoms with van der Waals surface area (Å²) in [6, 6.07) is 8.40. The number of nitrogens with one attached hydrogen (secondary N) is 1. The van der Waals surface area contributed by atoms with Crippen LogP contribution in [0.15, 0.2) is 28.9 Å². The van der Waals surface area contributed by atoms with Gasteiger partial charge in [0.05, 0.1) is 0 Å². The van der Waals surface area contributed by atoms with Gasteiger partial charge >= 0.3 is 0 Å². The lowest BCUT2D eigenvalue weighted by Crippen LogP contribution is -1.87. The molecule has 2 rings (SSSR count). The van der Waals surface area contributed by atoms with E-state index >= 15 is 0 Å². The third-order valence-corrected chi connectivity index (χ3v) is 3.91. The lowest BCUT2D eigenvalue weighted by molar-refractivity contribution is 0.111. The maximum atomic E-state index is 10.7. The molecule has 0 amide bonds. The number of halogens is 1. The summed E-state index contributed by atoms with van der Waals surface area (Å²) in [7, 11) is 0. The summed E-state index contributed by atoms with van der Waals surface area (Å²) in [6.07, 6.45) is 6.97. The van der Waals surface area contributed by atoms with Crippen LogP contribution in [0, 0.1) is 0 Å². The minimum atomic E-state index is 0.343. The van der Waals surface area contributed by atoms with Crippen LogP contribution in [0.25, 0.3) is 11.3 Å². The highest BCUT2D eigenvalue weighted by molar-refractivity contribution is 9.10. The Kier molecular flexibility index (Phi) is 5.53. The Bertz CT molecular complexity index is 560. The predicted molar refractivity (Wildman–Crippen MR) is 85.0 cm³/mol. The number of carbonyl (C=O) groups excluding carboxylic acids is 1. The summed E-state index contributed by atoms with van der Waals surface area (Å²) in [5.41, 5.74) is 3.15. The van der Waals surface area contributed by atoms with Gasteiger partial charge in [0, 0.05) is 5.56 Å². The number of H-pyrrole nitrogens is 1. The molecule has 1 N–H and O–H groups in total. The van der Waals surface area contributed by atoms with E-state index in [-0.39, 0.29) is 0 Å². The van der Waals surface area contributed by atoms with Crippen molar-refractivity contribution in [2.75, 3.05) is 0 Å². The van der Waals surface area contributed by atoms with Crippen LogP contribution in [0.4, 0.5) is 0 Å². The van der Waals surface area contributed by atoms with Crippen LogP contribution in [0.2, 0.25) is 0 Å². The molecule has 0 unspecified atom stereocenters. The Morgan fingerprint density at radius 1 is 1.20 bits per heavy atom. The smallest absolute Gasteiger partial charge is 0.185 e. The van der Waals surface area contributed by atoms with Crippen LogP contribution in [0.3, 0.4) is 0 Å². The standard InChI is InChI=1S/C16H19BrN2O/c1-2-3-4-5-6-12-7-9-13(10-8-12)15-16(17)19-14(11-20)18-15/h7-11H,2-6H2,1H3,(H,18,19). The molecule has 3 nitrogen and oxygen atoms in total. The number of unbranched alkanes of at least 4 members (excludes halogenated alkanes) is 3. The van der Waals surface area contributed by atoms with Gasteiger partial charge in [0.1, 0.15) is 10.3 Å². The largest absolute Gasteiger partial charge is 0.330 e. The molecule has 0 bridgehead atoms. The van der Waals surface area contributed by atoms with E-state index in [0.29, 0.717) is 5.82 Å². The quantitative estimate of drug-likeness (QED) is 0.585. The molecule has 1 aromatic heterocycles. The maximum absolute atomic E-state index is 10.7. The van der Waals surface area contributed by atoms with Crippen molar-refractivity contribution in [1.29, 1.82) is 0 Å². The molecular formula is C16H19BrN2O. The van der Waals surface area contributed by atoms with Crippen LogP contribution < -0.4 is 0 Å². The number of aromatic nitrogens is 2. The minimum Gasteiger partial charge on any atom is -0.330 e. The topological polar surface area (TPSA) is 45.8 Å². The number of carbonyl (C=O) groups is 1. The van der Waals surface area contributed by atoms with E-state index in [9.17, 15) is 4.79 Å². The summed E-state index contributed by atoms with van der Waals surface area (Å²) in [5, 5.41) is 0. The van der Waals surface area contributed by atoms with Crippen LogP contribution in [-0.2, 0) is 6.42 Å². The van der Waals surface area contributed by atoms with Gasteiger partial charge in [-0.3, -0.25) is 4.79 Å². The SMILES string of the molecule is CCCCCCc1ccc(-c2nc(C=O)[nH]c2Br)cc1. The first kappa shape index (κ1) is 15.0. The molecule has 1 heterocycles. The Balaban J connectivity index is 2.03. The first-order valence-electron chi connectivity index (χ1n) is 7.04. The van der Waals surface area contributed by atoms with Crippen molar-refractivity contribution >= 4 is 22.2 Å². The summed E-state index contributed by atoms with van der Waals surface area (Å²) in [6.45, 7) is 2.23. The van der Waals surface area contributed by atoms with Crippen molar-refractivity contribution in [3.63, 3.8) is 0 Å². The monoisotopic (exact) mass is 334 g/mol. The highest BCUT2D eigenvalue weighted by atomic mass is 79.9. The van der Waals surface area contributed by atoms with Crippen molar-refractivity contribution < 1.29 is 4.79 Å². The Labute approximate surface area is 128 Å². The second kappa shape index (κ2) is 7.39. The lowest BCUT2D eigenvalue weighted by atomic mass is 10.0. The van der Waals surface area contributed by atoms with Gasteiger partial charge < -0.3 is 4.98 Å². The van der Waals surface area contributed by atoms with E-state index in [2.05, 4.69) is 57.1 Å². The van der Waals surface area contributed by atoms with E-state index in [1.54, 1.807) is 0 Å². The molecule has 4 heteroatoms. The molecular weight excluding hydrogens is 316 g/mol. The van der Waals surface area contributed by atoms with Gasteiger partial charge in [0.25, 0.3) is 0 Å². The molecule has 0 fully saturated rings. The molecule has 0 radical (unpaired) electrons. The summed E-state index contributed by atoms with van der Waals surface area (Å²) in [4.78, 5) is 17.9. The van der Waals surface area contributed by atoms with E-state index < -0.39 is 0 Å². The van der Waals surface area contributed by atoms with E-state index in [1.807, 2.05) is 0 Å². The molecule has 1 aromatic carbocycles. The second-order valence-electron chi connectivity index (χ2n) is 4.91. The van der Waals surface area contributed by atoms with Crippen LogP contribution in [0.1, 0.15) is 48.8 Å². The molecule has 106 valence electrons. The highest BCUT2D eigenvalue weighted by Gasteiger charge is 2.09. The fourth-order valence-corrected chi connectivity index (χ4v) is 2.72. The number of hydrogen-bond donors (Lipinski definition) is 1. The third-order valence-electron chi connectivity index (χ3n) is 3.34. The summed E-state index contributed by atoms with van der Waals surface area (Å²) >= 11 is 3.40. The number of rotatable bonds is 7. The van der Waals surface area contributed by atoms with Crippen LogP contribution >= 0.6 is 15.9 Å². The van der Waals surface area contributed by atoms with Crippen molar-refractivity contribution in [3.8, 4) is 11.3 Å². The number of aromatic amines is 1. The van der Waals surface area contributed by atoms with Crippen molar-refractivity contribution in [3.05, 3.63) is 40.3 Å². The molecule has 0 aliphatic heterocycles. The molecule has 0 aliphatic carbocycles.